The number of nitrogens with one attached hydrogen (secondary N) is 1. The molecule has 0 radical (unpaired) electrons. The van der Waals surface area contributed by atoms with E-state index in [4.69, 9.17) is 0 Å². The van der Waals surface area contributed by atoms with Crippen LogP contribution in [0.2, 0.25) is 0 Å². The number of carbonyl (C=O) groups excluding carboxylic acids is 1. The summed E-state index contributed by atoms with van der Waals surface area (Å²) in [4.78, 5) is 15.0. The van der Waals surface area contributed by atoms with Crippen molar-refractivity contribution in [2.75, 3.05) is 45.0 Å². The second-order valence-corrected chi connectivity index (χ2v) is 9.70. The molecule has 3 aliphatic rings. The van der Waals surface area contributed by atoms with Gasteiger partial charge in [0.15, 0.2) is 0 Å². The van der Waals surface area contributed by atoms with Crippen LogP contribution >= 0.6 is 0 Å². The Labute approximate surface area is 139 Å². The molecule has 3 atom stereocenters. The van der Waals surface area contributed by atoms with Crippen LogP contribution in [0.3, 0.4) is 0 Å². The number of sulfonamides is 1. The molecule has 1 amide bonds. The summed E-state index contributed by atoms with van der Waals surface area (Å²) in [6, 6.07) is 0. The molecular formula is C16H29N3O3S. The summed E-state index contributed by atoms with van der Waals surface area (Å²) >= 11 is 0. The molecule has 0 aromatic heterocycles. The van der Waals surface area contributed by atoms with Gasteiger partial charge in [-0.25, -0.2) is 12.7 Å². The number of amides is 1. The zero-order valence-electron chi connectivity index (χ0n) is 14.1. The van der Waals surface area contributed by atoms with Crippen LogP contribution < -0.4 is 5.32 Å². The van der Waals surface area contributed by atoms with Gasteiger partial charge in [0.2, 0.25) is 15.9 Å². The summed E-state index contributed by atoms with van der Waals surface area (Å²) in [7, 11) is -3.19. The molecular weight excluding hydrogens is 314 g/mol. The summed E-state index contributed by atoms with van der Waals surface area (Å²) in [5, 5.41) is 3.14. The van der Waals surface area contributed by atoms with Gasteiger partial charge in [0.05, 0.1) is 11.7 Å². The number of fused-ring (bicyclic) bond motifs is 2. The van der Waals surface area contributed by atoms with Gasteiger partial charge >= 0.3 is 0 Å². The molecule has 3 fully saturated rings. The first kappa shape index (κ1) is 17.2. The number of carbonyl (C=O) groups is 1. The van der Waals surface area contributed by atoms with Crippen molar-refractivity contribution in [2.45, 2.75) is 39.0 Å². The maximum absolute atomic E-state index is 12.5. The summed E-state index contributed by atoms with van der Waals surface area (Å²) < 4.78 is 25.5. The quantitative estimate of drug-likeness (QED) is 0.796. The van der Waals surface area contributed by atoms with Crippen LogP contribution in [0.1, 0.15) is 39.0 Å². The van der Waals surface area contributed by atoms with Crippen molar-refractivity contribution < 1.29 is 13.2 Å². The molecule has 3 heterocycles. The molecule has 3 saturated heterocycles. The van der Waals surface area contributed by atoms with E-state index in [1.54, 1.807) is 6.92 Å². The van der Waals surface area contributed by atoms with Gasteiger partial charge in [-0.2, -0.15) is 0 Å². The first-order chi connectivity index (χ1) is 10.9. The van der Waals surface area contributed by atoms with Gasteiger partial charge < -0.3 is 10.2 Å². The fourth-order valence-electron chi connectivity index (χ4n) is 4.34. The Morgan fingerprint density at radius 2 is 2.04 bits per heavy atom. The van der Waals surface area contributed by atoms with Crippen LogP contribution in [0.25, 0.3) is 0 Å². The number of piperidine rings is 2. The topological polar surface area (TPSA) is 69.7 Å². The van der Waals surface area contributed by atoms with Crippen LogP contribution in [0.4, 0.5) is 0 Å². The Morgan fingerprint density at radius 1 is 1.22 bits per heavy atom. The van der Waals surface area contributed by atoms with Gasteiger partial charge in [0.25, 0.3) is 0 Å². The zero-order valence-corrected chi connectivity index (χ0v) is 14.9. The Kier molecular flexibility index (Phi) is 4.99. The monoisotopic (exact) mass is 343 g/mol. The molecule has 0 spiro atoms. The SMILES string of the molecule is CCS(=O)(=O)N1CCCC(C(=O)NCC23CCCN(CC2)C3)C1. The van der Waals surface area contributed by atoms with E-state index >= 15 is 0 Å². The van der Waals surface area contributed by atoms with Crippen molar-refractivity contribution in [1.29, 1.82) is 0 Å². The fourth-order valence-corrected chi connectivity index (χ4v) is 5.52. The van der Waals surface area contributed by atoms with Gasteiger partial charge in [-0.1, -0.05) is 0 Å². The lowest BCUT2D eigenvalue weighted by Crippen LogP contribution is -2.48. The molecule has 3 unspecified atom stereocenters. The highest BCUT2D eigenvalue weighted by Gasteiger charge is 2.41. The summed E-state index contributed by atoms with van der Waals surface area (Å²) in [5.41, 5.74) is 0.262. The van der Waals surface area contributed by atoms with Crippen molar-refractivity contribution in [1.82, 2.24) is 14.5 Å². The standard InChI is InChI=1S/C16H29N3O3S/c1-2-23(21,22)19-9-3-5-14(11-19)15(20)17-12-16-6-4-8-18(13-16)10-7-16/h14H,2-13H2,1H3,(H,17,20). The Morgan fingerprint density at radius 3 is 2.83 bits per heavy atom. The van der Waals surface area contributed by atoms with E-state index in [9.17, 15) is 13.2 Å². The summed E-state index contributed by atoms with van der Waals surface area (Å²) in [6.07, 6.45) is 5.16. The predicted molar refractivity (Wildman–Crippen MR) is 89.5 cm³/mol. The number of nitrogens with zero attached hydrogens (tertiary/aromatic N) is 2. The first-order valence-electron chi connectivity index (χ1n) is 8.92. The lowest BCUT2D eigenvalue weighted by atomic mass is 9.81. The van der Waals surface area contributed by atoms with Gasteiger partial charge in [-0.15, -0.1) is 0 Å². The van der Waals surface area contributed by atoms with E-state index in [1.165, 1.54) is 30.1 Å². The third-order valence-electron chi connectivity index (χ3n) is 5.85. The average molecular weight is 343 g/mol. The third kappa shape index (κ3) is 3.72. The van der Waals surface area contributed by atoms with Gasteiger partial charge in [0, 0.05) is 31.6 Å². The molecule has 0 aliphatic carbocycles. The van der Waals surface area contributed by atoms with Gasteiger partial charge in [-0.3, -0.25) is 4.79 Å². The van der Waals surface area contributed by atoms with Crippen LogP contribution in [0, 0.1) is 11.3 Å². The van der Waals surface area contributed by atoms with E-state index in [-0.39, 0.29) is 23.0 Å². The molecule has 1 N–H and O–H groups in total. The summed E-state index contributed by atoms with van der Waals surface area (Å²) in [6.45, 7) is 6.77. The fraction of sp³-hybridized carbons (Fsp3) is 0.938. The Balaban J connectivity index is 1.54. The highest BCUT2D eigenvalue weighted by atomic mass is 32.2. The second-order valence-electron chi connectivity index (χ2n) is 7.45. The van der Waals surface area contributed by atoms with Crippen LogP contribution in [0.15, 0.2) is 0 Å². The molecule has 6 nitrogen and oxygen atoms in total. The van der Waals surface area contributed by atoms with Crippen molar-refractivity contribution in [3.8, 4) is 0 Å². The molecule has 0 aromatic carbocycles. The van der Waals surface area contributed by atoms with E-state index in [2.05, 4.69) is 10.2 Å². The average Bonchev–Trinajstić information content (AvgIpc) is 2.87. The van der Waals surface area contributed by atoms with Crippen LogP contribution in [-0.4, -0.2) is 68.6 Å². The second kappa shape index (κ2) is 6.69. The largest absolute Gasteiger partial charge is 0.355 e. The molecule has 7 heteroatoms. The maximum Gasteiger partial charge on any atom is 0.224 e. The molecule has 0 saturated carbocycles. The predicted octanol–water partition coefficient (Wildman–Crippen LogP) is 0.650. The van der Waals surface area contributed by atoms with Crippen molar-refractivity contribution >= 4 is 15.9 Å². The minimum atomic E-state index is -3.19. The number of hydrogen-bond acceptors (Lipinski definition) is 4. The van der Waals surface area contributed by atoms with Crippen LogP contribution in [0.5, 0.6) is 0 Å². The molecule has 23 heavy (non-hydrogen) atoms. The van der Waals surface area contributed by atoms with Crippen molar-refractivity contribution in [3.05, 3.63) is 0 Å². The molecule has 3 aliphatic heterocycles. The Hall–Kier alpha value is -0.660. The highest BCUT2D eigenvalue weighted by molar-refractivity contribution is 7.89. The van der Waals surface area contributed by atoms with E-state index in [1.807, 2.05) is 0 Å². The van der Waals surface area contributed by atoms with E-state index in [0.29, 0.717) is 13.1 Å². The minimum absolute atomic E-state index is 0.0411. The minimum Gasteiger partial charge on any atom is -0.355 e. The van der Waals surface area contributed by atoms with Crippen molar-refractivity contribution in [2.24, 2.45) is 11.3 Å². The van der Waals surface area contributed by atoms with Crippen LogP contribution in [-0.2, 0) is 14.8 Å². The van der Waals surface area contributed by atoms with Gasteiger partial charge in [-0.05, 0) is 52.1 Å². The first-order valence-corrected chi connectivity index (χ1v) is 10.5. The molecule has 0 aromatic rings. The van der Waals surface area contributed by atoms with Crippen molar-refractivity contribution in [3.63, 3.8) is 0 Å². The highest BCUT2D eigenvalue weighted by Crippen LogP contribution is 2.38. The third-order valence-corrected chi connectivity index (χ3v) is 7.70. The molecule has 132 valence electrons. The number of hydrogen-bond donors (Lipinski definition) is 1. The molecule has 3 rings (SSSR count). The summed E-state index contributed by atoms with van der Waals surface area (Å²) in [5.74, 6) is -0.0396. The zero-order chi connectivity index (χ0) is 16.5. The smallest absolute Gasteiger partial charge is 0.224 e. The van der Waals surface area contributed by atoms with Gasteiger partial charge in [0.1, 0.15) is 0 Å². The normalized spacial score (nSPS) is 35.2. The Bertz CT molecular complexity index is 547. The van der Waals surface area contributed by atoms with E-state index in [0.717, 1.165) is 32.5 Å². The maximum atomic E-state index is 12.5. The lowest BCUT2D eigenvalue weighted by molar-refractivity contribution is -0.126. The molecule has 2 bridgehead atoms. The van der Waals surface area contributed by atoms with E-state index < -0.39 is 10.0 Å². The number of rotatable bonds is 5. The lowest BCUT2D eigenvalue weighted by Gasteiger charge is -2.35.